The maximum absolute atomic E-state index is 9.52. The van der Waals surface area contributed by atoms with E-state index >= 15 is 0 Å². The fourth-order valence-corrected chi connectivity index (χ4v) is 3.50. The molecule has 1 aliphatic heterocycles. The van der Waals surface area contributed by atoms with Crippen LogP contribution in [0.15, 0.2) is 24.3 Å². The Labute approximate surface area is 109 Å². The Morgan fingerprint density at radius 1 is 1.33 bits per heavy atom. The Morgan fingerprint density at radius 3 is 2.72 bits per heavy atom. The van der Waals surface area contributed by atoms with E-state index in [4.69, 9.17) is 0 Å². The highest BCUT2D eigenvalue weighted by Gasteiger charge is 2.40. The van der Waals surface area contributed by atoms with Gasteiger partial charge in [0, 0.05) is 18.6 Å². The van der Waals surface area contributed by atoms with Crippen LogP contribution in [0.25, 0.3) is 5.57 Å². The molecule has 1 aromatic carbocycles. The average molecular weight is 243 g/mol. The van der Waals surface area contributed by atoms with Crippen LogP contribution in [-0.4, -0.2) is 28.6 Å². The summed E-state index contributed by atoms with van der Waals surface area (Å²) in [5, 5.41) is 9.52. The molecule has 3 rings (SSSR count). The van der Waals surface area contributed by atoms with Crippen molar-refractivity contribution in [3.8, 4) is 5.75 Å². The molecular weight excluding hydrogens is 222 g/mol. The van der Waals surface area contributed by atoms with Crippen LogP contribution in [0, 0.1) is 12.8 Å². The first-order valence-electron chi connectivity index (χ1n) is 6.83. The van der Waals surface area contributed by atoms with Crippen LogP contribution < -0.4 is 0 Å². The monoisotopic (exact) mass is 243 g/mol. The Kier molecular flexibility index (Phi) is 2.70. The second-order valence-electron chi connectivity index (χ2n) is 5.92. The number of hydrogen-bond donors (Lipinski definition) is 1. The van der Waals surface area contributed by atoms with Crippen LogP contribution >= 0.6 is 0 Å². The number of fused-ring (bicyclic) bond motifs is 2. The van der Waals surface area contributed by atoms with Crippen LogP contribution in [-0.2, 0) is 0 Å². The SMILES string of the molecule is Cc1cc(O)ccc1C1=CC2CC1N(C(C)C)C2. The van der Waals surface area contributed by atoms with Crippen molar-refractivity contribution in [1.29, 1.82) is 0 Å². The first kappa shape index (κ1) is 11.8. The third-order valence-electron chi connectivity index (χ3n) is 4.33. The maximum atomic E-state index is 9.52. The van der Waals surface area contributed by atoms with Crippen molar-refractivity contribution in [2.75, 3.05) is 6.54 Å². The molecule has 0 aromatic heterocycles. The fraction of sp³-hybridized carbons (Fsp3) is 0.500. The van der Waals surface area contributed by atoms with E-state index < -0.39 is 0 Å². The highest BCUT2D eigenvalue weighted by atomic mass is 16.3. The summed E-state index contributed by atoms with van der Waals surface area (Å²) >= 11 is 0. The third-order valence-corrected chi connectivity index (χ3v) is 4.33. The van der Waals surface area contributed by atoms with Crippen LogP contribution in [0.3, 0.4) is 0 Å². The van der Waals surface area contributed by atoms with Crippen molar-refractivity contribution < 1.29 is 5.11 Å². The van der Waals surface area contributed by atoms with Gasteiger partial charge in [0.05, 0.1) is 0 Å². The first-order valence-corrected chi connectivity index (χ1v) is 6.83. The van der Waals surface area contributed by atoms with Crippen LogP contribution in [0.5, 0.6) is 5.75 Å². The summed E-state index contributed by atoms with van der Waals surface area (Å²) in [6.07, 6.45) is 3.72. The molecule has 0 saturated carbocycles. The van der Waals surface area contributed by atoms with E-state index in [1.165, 1.54) is 29.7 Å². The molecular formula is C16H21NO. The molecule has 1 N–H and O–H groups in total. The minimum atomic E-state index is 0.362. The van der Waals surface area contributed by atoms with Crippen molar-refractivity contribution in [3.05, 3.63) is 35.4 Å². The first-order chi connectivity index (χ1) is 8.56. The molecule has 1 aromatic rings. The summed E-state index contributed by atoms with van der Waals surface area (Å²) in [4.78, 5) is 2.60. The van der Waals surface area contributed by atoms with E-state index in [0.29, 0.717) is 17.8 Å². The number of aromatic hydroxyl groups is 1. The summed E-state index contributed by atoms with van der Waals surface area (Å²) in [6.45, 7) is 7.86. The van der Waals surface area contributed by atoms with E-state index in [1.54, 1.807) is 6.07 Å². The molecule has 2 nitrogen and oxygen atoms in total. The quantitative estimate of drug-likeness (QED) is 0.862. The molecule has 2 heteroatoms. The molecule has 18 heavy (non-hydrogen) atoms. The second-order valence-corrected chi connectivity index (χ2v) is 5.92. The van der Waals surface area contributed by atoms with Crippen LogP contribution in [0.4, 0.5) is 0 Å². The maximum Gasteiger partial charge on any atom is 0.115 e. The van der Waals surface area contributed by atoms with Gasteiger partial charge in [-0.05, 0) is 61.9 Å². The minimum Gasteiger partial charge on any atom is -0.508 e. The molecule has 0 spiro atoms. The van der Waals surface area contributed by atoms with Crippen LogP contribution in [0.2, 0.25) is 0 Å². The molecule has 0 radical (unpaired) electrons. The van der Waals surface area contributed by atoms with Gasteiger partial charge in [-0.15, -0.1) is 0 Å². The Hall–Kier alpha value is -1.28. The number of benzene rings is 1. The lowest BCUT2D eigenvalue weighted by Gasteiger charge is -2.32. The van der Waals surface area contributed by atoms with Gasteiger partial charge in [-0.3, -0.25) is 4.90 Å². The highest BCUT2D eigenvalue weighted by Crippen LogP contribution is 2.43. The zero-order valence-corrected chi connectivity index (χ0v) is 11.4. The van der Waals surface area contributed by atoms with E-state index in [2.05, 4.69) is 37.8 Å². The molecule has 1 aliphatic carbocycles. The van der Waals surface area contributed by atoms with Gasteiger partial charge in [0.1, 0.15) is 5.75 Å². The summed E-state index contributed by atoms with van der Waals surface area (Å²) in [5.41, 5.74) is 3.96. The highest BCUT2D eigenvalue weighted by molar-refractivity contribution is 5.75. The fourth-order valence-electron chi connectivity index (χ4n) is 3.50. The van der Waals surface area contributed by atoms with Crippen molar-refractivity contribution in [2.24, 2.45) is 5.92 Å². The van der Waals surface area contributed by atoms with Gasteiger partial charge in [-0.1, -0.05) is 12.1 Å². The number of nitrogens with zero attached hydrogens (tertiary/aromatic N) is 1. The molecule has 1 saturated heterocycles. The number of rotatable bonds is 2. The lowest BCUT2D eigenvalue weighted by molar-refractivity contribution is 0.231. The van der Waals surface area contributed by atoms with Crippen molar-refractivity contribution in [2.45, 2.75) is 39.3 Å². The average Bonchev–Trinajstić information content (AvgIpc) is 2.88. The molecule has 1 fully saturated rings. The number of aryl methyl sites for hydroxylation is 1. The lowest BCUT2D eigenvalue weighted by atomic mass is 9.95. The summed E-state index contributed by atoms with van der Waals surface area (Å²) in [5.74, 6) is 1.08. The van der Waals surface area contributed by atoms with Gasteiger partial charge in [0.15, 0.2) is 0 Å². The number of hydrogen-bond acceptors (Lipinski definition) is 2. The number of likely N-dealkylation sites (tertiary alicyclic amines) is 1. The Bertz CT molecular complexity index is 504. The zero-order valence-electron chi connectivity index (χ0n) is 11.4. The molecule has 1 heterocycles. The van der Waals surface area contributed by atoms with E-state index in [-0.39, 0.29) is 0 Å². The molecule has 2 unspecified atom stereocenters. The Morgan fingerprint density at radius 2 is 2.11 bits per heavy atom. The van der Waals surface area contributed by atoms with Gasteiger partial charge in [-0.25, -0.2) is 0 Å². The van der Waals surface area contributed by atoms with Crippen LogP contribution in [0.1, 0.15) is 31.4 Å². The lowest BCUT2D eigenvalue weighted by Crippen LogP contribution is -2.37. The van der Waals surface area contributed by atoms with Crippen molar-refractivity contribution >= 4 is 5.57 Å². The summed E-state index contributed by atoms with van der Waals surface area (Å²) in [6, 6.07) is 6.92. The number of phenolic OH excluding ortho intramolecular Hbond substituents is 1. The van der Waals surface area contributed by atoms with Gasteiger partial charge < -0.3 is 5.11 Å². The van der Waals surface area contributed by atoms with Gasteiger partial charge in [-0.2, -0.15) is 0 Å². The molecule has 2 aliphatic rings. The number of phenols is 1. The van der Waals surface area contributed by atoms with E-state index in [1.807, 2.05) is 6.07 Å². The summed E-state index contributed by atoms with van der Waals surface area (Å²) < 4.78 is 0. The summed E-state index contributed by atoms with van der Waals surface area (Å²) in [7, 11) is 0. The van der Waals surface area contributed by atoms with E-state index in [9.17, 15) is 5.11 Å². The van der Waals surface area contributed by atoms with Gasteiger partial charge >= 0.3 is 0 Å². The molecule has 2 atom stereocenters. The molecule has 2 bridgehead atoms. The molecule has 0 amide bonds. The third kappa shape index (κ3) is 1.76. The molecule has 96 valence electrons. The zero-order chi connectivity index (χ0) is 12.9. The normalized spacial score (nSPS) is 27.0. The van der Waals surface area contributed by atoms with Crippen molar-refractivity contribution in [1.82, 2.24) is 4.90 Å². The predicted molar refractivity (Wildman–Crippen MR) is 74.6 cm³/mol. The standard InChI is InChI=1S/C16H21NO/c1-10(2)17-9-12-7-15(16(17)8-12)14-5-4-13(18)6-11(14)3/h4-7,10,12,16,18H,8-9H2,1-3H3. The van der Waals surface area contributed by atoms with Gasteiger partial charge in [0.2, 0.25) is 0 Å². The van der Waals surface area contributed by atoms with Crippen molar-refractivity contribution in [3.63, 3.8) is 0 Å². The predicted octanol–water partition coefficient (Wildman–Crippen LogP) is 3.20. The topological polar surface area (TPSA) is 23.5 Å². The van der Waals surface area contributed by atoms with Gasteiger partial charge in [0.25, 0.3) is 0 Å². The Balaban J connectivity index is 1.96. The minimum absolute atomic E-state index is 0.362. The van der Waals surface area contributed by atoms with E-state index in [0.717, 1.165) is 5.92 Å². The largest absolute Gasteiger partial charge is 0.508 e. The smallest absolute Gasteiger partial charge is 0.115 e. The second kappa shape index (κ2) is 4.13.